The van der Waals surface area contributed by atoms with Crippen molar-refractivity contribution in [1.29, 1.82) is 0 Å². The van der Waals surface area contributed by atoms with Gasteiger partial charge in [0, 0.05) is 11.6 Å². The van der Waals surface area contributed by atoms with Crippen LogP contribution in [0.1, 0.15) is 22.8 Å². The molecule has 2 atom stereocenters. The van der Waals surface area contributed by atoms with Gasteiger partial charge in [0.1, 0.15) is 30.4 Å². The summed E-state index contributed by atoms with van der Waals surface area (Å²) in [5.74, 6) is -1.38. The van der Waals surface area contributed by atoms with E-state index in [-0.39, 0.29) is 42.8 Å². The van der Waals surface area contributed by atoms with Gasteiger partial charge < -0.3 is 19.5 Å². The van der Waals surface area contributed by atoms with Crippen molar-refractivity contribution in [1.82, 2.24) is 10.2 Å². The van der Waals surface area contributed by atoms with Crippen molar-refractivity contribution >= 4 is 35.5 Å². The van der Waals surface area contributed by atoms with Gasteiger partial charge in [-0.15, -0.1) is 11.8 Å². The van der Waals surface area contributed by atoms with Crippen LogP contribution in [-0.4, -0.2) is 59.0 Å². The van der Waals surface area contributed by atoms with Crippen LogP contribution < -0.4 is 5.32 Å². The van der Waals surface area contributed by atoms with Gasteiger partial charge in [0.15, 0.2) is 11.8 Å². The van der Waals surface area contributed by atoms with Crippen LogP contribution in [0, 0.1) is 0 Å². The fraction of sp³-hybridized carbons (Fsp3) is 0.212. The first-order chi connectivity index (χ1) is 21.0. The number of benzene rings is 3. The molecule has 3 aromatic rings. The van der Waals surface area contributed by atoms with E-state index in [9.17, 15) is 19.2 Å². The molecule has 43 heavy (non-hydrogen) atoms. The number of β-lactam (4-membered cyclic amide) rings is 1. The molecule has 3 aliphatic rings. The highest BCUT2D eigenvalue weighted by molar-refractivity contribution is 8.00. The number of hydrogen-bond donors (Lipinski definition) is 1. The van der Waals surface area contributed by atoms with Gasteiger partial charge in [-0.25, -0.2) is 9.59 Å². The van der Waals surface area contributed by atoms with E-state index < -0.39 is 35.4 Å². The lowest BCUT2D eigenvalue weighted by atomic mass is 10.0. The van der Waals surface area contributed by atoms with E-state index in [2.05, 4.69) is 5.32 Å². The van der Waals surface area contributed by atoms with Crippen LogP contribution in [0.25, 0.3) is 0 Å². The van der Waals surface area contributed by atoms with Crippen LogP contribution >= 0.6 is 11.8 Å². The molecule has 0 spiro atoms. The maximum atomic E-state index is 14.0. The third-order valence-electron chi connectivity index (χ3n) is 7.23. The van der Waals surface area contributed by atoms with E-state index >= 15 is 0 Å². The lowest BCUT2D eigenvalue weighted by Gasteiger charge is -2.49. The Morgan fingerprint density at radius 1 is 0.930 bits per heavy atom. The minimum absolute atomic E-state index is 0.00925. The maximum Gasteiger partial charge on any atom is 0.359 e. The Morgan fingerprint density at radius 2 is 1.56 bits per heavy atom. The van der Waals surface area contributed by atoms with Gasteiger partial charge in [-0.05, 0) is 16.7 Å². The molecule has 2 amide bonds. The summed E-state index contributed by atoms with van der Waals surface area (Å²) in [6, 6.07) is 27.1. The summed E-state index contributed by atoms with van der Waals surface area (Å²) < 4.78 is 17.1. The highest BCUT2D eigenvalue weighted by Crippen LogP contribution is 2.42. The standard InChI is InChI=1S/C33H28N2O7S/c36-26(16-21-10-4-1-5-11-21)34-28-31(38)35-29(25(20-43-32(28)35)40-18-22-17-27(37)41-19-22)33(39)42-30(23-12-6-2-7-13-23)24-14-8-3-9-15-24/h1-15,17,28,30,32H,16,18-20H2,(H,34,36)/t28-,32+/m1/s1. The first-order valence-electron chi connectivity index (χ1n) is 13.8. The van der Waals surface area contributed by atoms with Crippen molar-refractivity contribution in [2.75, 3.05) is 19.0 Å². The first kappa shape index (κ1) is 28.3. The van der Waals surface area contributed by atoms with E-state index in [1.807, 2.05) is 91.0 Å². The minimum Gasteiger partial charge on any atom is -0.490 e. The number of carbonyl (C=O) groups excluding carboxylic acids is 4. The molecule has 10 heteroatoms. The molecule has 0 unspecified atom stereocenters. The van der Waals surface area contributed by atoms with Gasteiger partial charge in [0.05, 0.1) is 12.2 Å². The SMILES string of the molecule is O=C(Cc1ccccc1)N[C@@H]1C(=O)N2C(C(=O)OC(c3ccccc3)c3ccccc3)=C(OCC3=CC(=O)OC3)CS[C@@H]12. The summed E-state index contributed by atoms with van der Waals surface area (Å²) in [6.07, 6.45) is 0.746. The molecule has 3 aliphatic heterocycles. The van der Waals surface area contributed by atoms with Crippen LogP contribution in [0.4, 0.5) is 0 Å². The average molecular weight is 597 g/mol. The molecule has 218 valence electrons. The molecular weight excluding hydrogens is 568 g/mol. The lowest BCUT2D eigenvalue weighted by Crippen LogP contribution is -2.70. The van der Waals surface area contributed by atoms with Crippen molar-refractivity contribution < 1.29 is 33.4 Å². The Balaban J connectivity index is 1.26. The molecule has 0 aromatic heterocycles. The number of amides is 2. The van der Waals surface area contributed by atoms with Crippen LogP contribution in [0.3, 0.4) is 0 Å². The van der Waals surface area contributed by atoms with Crippen molar-refractivity contribution in [3.05, 3.63) is 131 Å². The van der Waals surface area contributed by atoms with Crippen LogP contribution in [0.2, 0.25) is 0 Å². The quantitative estimate of drug-likeness (QED) is 0.279. The predicted octanol–water partition coefficient (Wildman–Crippen LogP) is 3.67. The summed E-state index contributed by atoms with van der Waals surface area (Å²) >= 11 is 1.38. The average Bonchev–Trinajstić information content (AvgIpc) is 3.47. The molecule has 0 aliphatic carbocycles. The molecular formula is C33H28N2O7S. The highest BCUT2D eigenvalue weighted by Gasteiger charge is 2.55. The number of ether oxygens (including phenoxy) is 3. The number of fused-ring (bicyclic) bond motifs is 1. The monoisotopic (exact) mass is 596 g/mol. The van der Waals surface area contributed by atoms with Crippen LogP contribution in [0.5, 0.6) is 0 Å². The summed E-state index contributed by atoms with van der Waals surface area (Å²) in [7, 11) is 0. The van der Waals surface area contributed by atoms with Crippen molar-refractivity contribution in [3.8, 4) is 0 Å². The Bertz CT molecular complexity index is 1550. The molecule has 1 fully saturated rings. The zero-order chi connectivity index (χ0) is 29.8. The number of thioether (sulfide) groups is 1. The molecule has 1 N–H and O–H groups in total. The van der Waals surface area contributed by atoms with Gasteiger partial charge in [-0.3, -0.25) is 14.5 Å². The normalized spacial score (nSPS) is 19.3. The fourth-order valence-corrected chi connectivity index (χ4v) is 6.40. The molecule has 0 bridgehead atoms. The number of nitrogens with one attached hydrogen (secondary N) is 1. The Kier molecular flexibility index (Phi) is 8.28. The molecule has 0 saturated carbocycles. The number of hydrogen-bond acceptors (Lipinski definition) is 8. The van der Waals surface area contributed by atoms with Gasteiger partial charge >= 0.3 is 11.9 Å². The second kappa shape index (κ2) is 12.6. The molecule has 9 nitrogen and oxygen atoms in total. The number of esters is 2. The fourth-order valence-electron chi connectivity index (χ4n) is 5.12. The van der Waals surface area contributed by atoms with Crippen LogP contribution in [-0.2, 0) is 39.8 Å². The number of nitrogens with zero attached hydrogens (tertiary/aromatic N) is 1. The smallest absolute Gasteiger partial charge is 0.359 e. The number of cyclic esters (lactones) is 1. The molecule has 3 heterocycles. The first-order valence-corrected chi connectivity index (χ1v) is 14.8. The van der Waals surface area contributed by atoms with Crippen molar-refractivity contribution in [3.63, 3.8) is 0 Å². The van der Waals surface area contributed by atoms with Crippen molar-refractivity contribution in [2.24, 2.45) is 0 Å². The minimum atomic E-state index is -0.798. The summed E-state index contributed by atoms with van der Waals surface area (Å²) in [4.78, 5) is 53.1. The largest absolute Gasteiger partial charge is 0.490 e. The topological polar surface area (TPSA) is 111 Å². The Morgan fingerprint density at radius 3 is 2.16 bits per heavy atom. The molecule has 6 rings (SSSR count). The number of carbonyl (C=O) groups is 4. The van der Waals surface area contributed by atoms with Crippen molar-refractivity contribution in [2.45, 2.75) is 23.9 Å². The number of rotatable bonds is 10. The van der Waals surface area contributed by atoms with E-state index in [1.54, 1.807) is 0 Å². The van der Waals surface area contributed by atoms with Gasteiger partial charge in [-0.1, -0.05) is 91.0 Å². The van der Waals surface area contributed by atoms with E-state index in [1.165, 1.54) is 22.7 Å². The maximum absolute atomic E-state index is 14.0. The Hall–Kier alpha value is -4.83. The highest BCUT2D eigenvalue weighted by atomic mass is 32.2. The zero-order valence-corrected chi connectivity index (χ0v) is 23.8. The van der Waals surface area contributed by atoms with E-state index in [4.69, 9.17) is 14.2 Å². The second-order valence-corrected chi connectivity index (χ2v) is 11.3. The predicted molar refractivity (Wildman–Crippen MR) is 158 cm³/mol. The molecule has 0 radical (unpaired) electrons. The van der Waals surface area contributed by atoms with Gasteiger partial charge in [0.2, 0.25) is 5.91 Å². The summed E-state index contributed by atoms with van der Waals surface area (Å²) in [6.45, 7) is 0.118. The third-order valence-corrected chi connectivity index (χ3v) is 8.49. The zero-order valence-electron chi connectivity index (χ0n) is 23.0. The molecule has 3 aromatic carbocycles. The van der Waals surface area contributed by atoms with Crippen LogP contribution in [0.15, 0.2) is 114 Å². The van der Waals surface area contributed by atoms with E-state index in [0.717, 1.165) is 16.7 Å². The van der Waals surface area contributed by atoms with E-state index in [0.29, 0.717) is 5.57 Å². The second-order valence-electron chi connectivity index (χ2n) is 10.2. The lowest BCUT2D eigenvalue weighted by molar-refractivity contribution is -0.155. The summed E-state index contributed by atoms with van der Waals surface area (Å²) in [5, 5.41) is 2.32. The third kappa shape index (κ3) is 6.19. The molecule has 1 saturated heterocycles. The summed E-state index contributed by atoms with van der Waals surface area (Å²) in [5.41, 5.74) is 2.96. The Labute approximate surface area is 252 Å². The van der Waals surface area contributed by atoms with Gasteiger partial charge in [-0.2, -0.15) is 0 Å². The van der Waals surface area contributed by atoms with Gasteiger partial charge in [0.25, 0.3) is 5.91 Å².